The lowest BCUT2D eigenvalue weighted by atomic mass is 9.97. The van der Waals surface area contributed by atoms with Gasteiger partial charge in [0.15, 0.2) is 0 Å². The number of piperidine rings is 1. The van der Waals surface area contributed by atoms with Crippen LogP contribution in [0.25, 0.3) is 11.3 Å². The fourth-order valence-electron chi connectivity index (χ4n) is 3.15. The van der Waals surface area contributed by atoms with Gasteiger partial charge in [-0.3, -0.25) is 0 Å². The van der Waals surface area contributed by atoms with Crippen molar-refractivity contribution in [3.8, 4) is 11.3 Å². The Balaban J connectivity index is 1.57. The lowest BCUT2D eigenvalue weighted by Crippen LogP contribution is -2.37. The molecular formula is C18H25N3O2. The highest BCUT2D eigenvalue weighted by Gasteiger charge is 2.23. The van der Waals surface area contributed by atoms with Gasteiger partial charge in [0.05, 0.1) is 31.7 Å². The van der Waals surface area contributed by atoms with Crippen LogP contribution >= 0.6 is 0 Å². The second-order valence-corrected chi connectivity index (χ2v) is 6.02. The molecule has 1 atom stereocenters. The van der Waals surface area contributed by atoms with Crippen LogP contribution in [0.1, 0.15) is 24.6 Å². The third kappa shape index (κ3) is 4.41. The van der Waals surface area contributed by atoms with E-state index >= 15 is 0 Å². The summed E-state index contributed by atoms with van der Waals surface area (Å²) < 4.78 is 5.37. The van der Waals surface area contributed by atoms with Crippen molar-refractivity contribution in [3.05, 3.63) is 42.4 Å². The predicted molar refractivity (Wildman–Crippen MR) is 90.3 cm³/mol. The van der Waals surface area contributed by atoms with Crippen molar-refractivity contribution in [1.29, 1.82) is 0 Å². The molecule has 0 spiro atoms. The number of hydrogen-bond acceptors (Lipinski definition) is 4. The summed E-state index contributed by atoms with van der Waals surface area (Å²) in [5, 5.41) is 8.74. The molecule has 1 saturated heterocycles. The number of likely N-dealkylation sites (tertiary alicyclic amines) is 1. The van der Waals surface area contributed by atoms with Crippen molar-refractivity contribution in [2.45, 2.75) is 18.8 Å². The quantitative estimate of drug-likeness (QED) is 0.770. The number of nitrogens with one attached hydrogen (secondary N) is 1. The van der Waals surface area contributed by atoms with Gasteiger partial charge in [-0.05, 0) is 24.9 Å². The molecule has 3 rings (SSSR count). The minimum absolute atomic E-state index is 0.0945. The minimum Gasteiger partial charge on any atom is -0.394 e. The van der Waals surface area contributed by atoms with Crippen LogP contribution < -0.4 is 0 Å². The first-order chi connectivity index (χ1) is 11.4. The number of aliphatic hydroxyl groups is 1. The van der Waals surface area contributed by atoms with E-state index in [1.807, 2.05) is 24.4 Å². The van der Waals surface area contributed by atoms with Crippen LogP contribution in [0.3, 0.4) is 0 Å². The molecule has 1 fully saturated rings. The van der Waals surface area contributed by atoms with Crippen molar-refractivity contribution >= 4 is 0 Å². The monoisotopic (exact) mass is 315 g/mol. The number of hydrogen-bond donors (Lipinski definition) is 2. The van der Waals surface area contributed by atoms with Gasteiger partial charge < -0.3 is 19.7 Å². The Kier molecular flexibility index (Phi) is 5.80. The van der Waals surface area contributed by atoms with Gasteiger partial charge in [0.25, 0.3) is 0 Å². The van der Waals surface area contributed by atoms with Crippen molar-refractivity contribution in [3.63, 3.8) is 0 Å². The summed E-state index contributed by atoms with van der Waals surface area (Å²) in [6.07, 6.45) is 4.30. The molecule has 1 unspecified atom stereocenters. The largest absolute Gasteiger partial charge is 0.394 e. The highest BCUT2D eigenvalue weighted by molar-refractivity contribution is 5.58. The maximum Gasteiger partial charge on any atom is 0.110 e. The zero-order valence-electron chi connectivity index (χ0n) is 13.4. The number of benzene rings is 1. The topological polar surface area (TPSA) is 61.4 Å². The van der Waals surface area contributed by atoms with E-state index in [1.165, 1.54) is 18.4 Å². The maximum atomic E-state index is 8.74. The zero-order chi connectivity index (χ0) is 15.9. The predicted octanol–water partition coefficient (Wildman–Crippen LogP) is 2.26. The van der Waals surface area contributed by atoms with Gasteiger partial charge in [0, 0.05) is 19.0 Å². The number of aromatic amines is 1. The number of H-pyrrole nitrogens is 1. The molecular weight excluding hydrogens is 290 g/mol. The molecule has 0 radical (unpaired) electrons. The summed E-state index contributed by atoms with van der Waals surface area (Å²) in [7, 11) is 0. The summed E-state index contributed by atoms with van der Waals surface area (Å²) >= 11 is 0. The molecule has 0 aliphatic carbocycles. The third-order valence-electron chi connectivity index (χ3n) is 4.36. The molecule has 0 bridgehead atoms. The molecule has 1 aromatic carbocycles. The van der Waals surface area contributed by atoms with Gasteiger partial charge in [-0.1, -0.05) is 30.3 Å². The molecule has 5 nitrogen and oxygen atoms in total. The van der Waals surface area contributed by atoms with E-state index in [9.17, 15) is 0 Å². The molecule has 0 saturated carbocycles. The number of rotatable bonds is 7. The number of aromatic nitrogens is 2. The van der Waals surface area contributed by atoms with Crippen molar-refractivity contribution in [1.82, 2.24) is 14.9 Å². The normalized spacial score (nSPS) is 19.1. The summed E-state index contributed by atoms with van der Waals surface area (Å²) in [6.45, 7) is 4.26. The van der Waals surface area contributed by atoms with E-state index in [2.05, 4.69) is 27.0 Å². The van der Waals surface area contributed by atoms with Crippen LogP contribution in [0.15, 0.2) is 36.5 Å². The Hall–Kier alpha value is -1.69. The number of ether oxygens (including phenoxy) is 1. The van der Waals surface area contributed by atoms with Gasteiger partial charge in [0.2, 0.25) is 0 Å². The number of nitrogens with zero attached hydrogens (tertiary/aromatic N) is 2. The highest BCUT2D eigenvalue weighted by atomic mass is 16.5. The third-order valence-corrected chi connectivity index (χ3v) is 4.36. The smallest absolute Gasteiger partial charge is 0.110 e. The molecule has 2 N–H and O–H groups in total. The Morgan fingerprint density at radius 2 is 2.13 bits per heavy atom. The first kappa shape index (κ1) is 16.2. The highest BCUT2D eigenvalue weighted by Crippen LogP contribution is 2.26. The van der Waals surface area contributed by atoms with Crippen LogP contribution in [0.4, 0.5) is 0 Å². The summed E-state index contributed by atoms with van der Waals surface area (Å²) in [6, 6.07) is 10.3. The first-order valence-electron chi connectivity index (χ1n) is 8.38. The molecule has 0 amide bonds. The average molecular weight is 315 g/mol. The standard InChI is InChI=1S/C18H25N3O2/c22-10-12-23-11-9-21-8-4-7-16(14-21)18-19-13-17(20-18)15-5-2-1-3-6-15/h1-3,5-6,13,16,22H,4,7-12,14H2,(H,19,20). The number of aliphatic hydroxyl groups excluding tert-OH is 1. The Labute approximate surface area is 137 Å². The molecule has 1 aliphatic heterocycles. The van der Waals surface area contributed by atoms with Crippen LogP contribution in [-0.2, 0) is 4.74 Å². The van der Waals surface area contributed by atoms with Gasteiger partial charge in [-0.15, -0.1) is 0 Å². The SMILES string of the molecule is OCCOCCN1CCCC(c2ncc(-c3ccccc3)[nH]2)C1. The number of imidazole rings is 1. The van der Waals surface area contributed by atoms with Crippen molar-refractivity contribution < 1.29 is 9.84 Å². The minimum atomic E-state index is 0.0945. The molecule has 124 valence electrons. The lowest BCUT2D eigenvalue weighted by Gasteiger charge is -2.31. The van der Waals surface area contributed by atoms with Gasteiger partial charge in [0.1, 0.15) is 5.82 Å². The van der Waals surface area contributed by atoms with Crippen LogP contribution in [-0.4, -0.2) is 59.4 Å². The fourth-order valence-corrected chi connectivity index (χ4v) is 3.15. The van der Waals surface area contributed by atoms with E-state index in [1.54, 1.807) is 0 Å². The van der Waals surface area contributed by atoms with Crippen molar-refractivity contribution in [2.24, 2.45) is 0 Å². The average Bonchev–Trinajstić information content (AvgIpc) is 3.10. The molecule has 2 heterocycles. The van der Waals surface area contributed by atoms with E-state index in [0.29, 0.717) is 19.1 Å². The van der Waals surface area contributed by atoms with Crippen molar-refractivity contribution in [2.75, 3.05) is 39.5 Å². The molecule has 5 heteroatoms. The van der Waals surface area contributed by atoms with Gasteiger partial charge in [-0.2, -0.15) is 0 Å². The summed E-state index contributed by atoms with van der Waals surface area (Å²) in [4.78, 5) is 10.5. The second kappa shape index (κ2) is 8.24. The maximum absolute atomic E-state index is 8.74. The van der Waals surface area contributed by atoms with Crippen LogP contribution in [0, 0.1) is 0 Å². The summed E-state index contributed by atoms with van der Waals surface area (Å²) in [5.41, 5.74) is 2.26. The van der Waals surface area contributed by atoms with Crippen LogP contribution in [0.5, 0.6) is 0 Å². The first-order valence-corrected chi connectivity index (χ1v) is 8.38. The Morgan fingerprint density at radius 3 is 2.96 bits per heavy atom. The van der Waals surface area contributed by atoms with Crippen LogP contribution in [0.2, 0.25) is 0 Å². The van der Waals surface area contributed by atoms with E-state index in [0.717, 1.165) is 31.2 Å². The van der Waals surface area contributed by atoms with Gasteiger partial charge in [-0.25, -0.2) is 4.98 Å². The van der Waals surface area contributed by atoms with E-state index < -0.39 is 0 Å². The fraction of sp³-hybridized carbons (Fsp3) is 0.500. The molecule has 23 heavy (non-hydrogen) atoms. The second-order valence-electron chi connectivity index (χ2n) is 6.02. The van der Waals surface area contributed by atoms with E-state index in [-0.39, 0.29) is 6.61 Å². The Bertz CT molecular complexity index is 585. The lowest BCUT2D eigenvalue weighted by molar-refractivity contribution is 0.0669. The summed E-state index contributed by atoms with van der Waals surface area (Å²) in [5.74, 6) is 1.55. The van der Waals surface area contributed by atoms with Gasteiger partial charge >= 0.3 is 0 Å². The Morgan fingerprint density at radius 1 is 1.26 bits per heavy atom. The van der Waals surface area contributed by atoms with E-state index in [4.69, 9.17) is 9.84 Å². The molecule has 2 aromatic rings. The molecule has 1 aromatic heterocycles. The zero-order valence-corrected chi connectivity index (χ0v) is 13.4. The molecule has 1 aliphatic rings.